The maximum absolute atomic E-state index is 11.4. The van der Waals surface area contributed by atoms with Crippen molar-refractivity contribution in [1.29, 1.82) is 0 Å². The van der Waals surface area contributed by atoms with Crippen LogP contribution in [0, 0.1) is 5.92 Å². The molecule has 2 aliphatic carbocycles. The molecular formula is C13H22O3. The summed E-state index contributed by atoms with van der Waals surface area (Å²) in [5, 5.41) is 0. The number of ether oxygens (including phenoxy) is 2. The molecule has 92 valence electrons. The summed E-state index contributed by atoms with van der Waals surface area (Å²) in [6, 6.07) is 0. The van der Waals surface area contributed by atoms with Gasteiger partial charge in [0.15, 0.2) is 0 Å². The standard InChI is InChI=1S/C13H22O3/c1-15-13(14)10-6-8-12(9-7-10)16-11-4-2-3-5-11/h10-12H,2-9H2,1H3. The second-order valence-electron chi connectivity index (χ2n) is 5.04. The van der Waals surface area contributed by atoms with Crippen molar-refractivity contribution in [2.45, 2.75) is 63.6 Å². The minimum absolute atomic E-state index is 0.0423. The number of carbonyl (C=O) groups excluding carboxylic acids is 1. The van der Waals surface area contributed by atoms with Crippen LogP contribution in [0.1, 0.15) is 51.4 Å². The molecule has 0 N–H and O–H groups in total. The highest BCUT2D eigenvalue weighted by Crippen LogP contribution is 2.30. The Morgan fingerprint density at radius 2 is 1.50 bits per heavy atom. The SMILES string of the molecule is COC(=O)C1CCC(OC2CCCC2)CC1. The Hall–Kier alpha value is -0.570. The Balaban J connectivity index is 1.70. The Labute approximate surface area is 97.5 Å². The van der Waals surface area contributed by atoms with Crippen LogP contribution < -0.4 is 0 Å². The predicted octanol–water partition coefficient (Wildman–Crippen LogP) is 2.68. The lowest BCUT2D eigenvalue weighted by atomic mass is 9.87. The Morgan fingerprint density at radius 3 is 2.06 bits per heavy atom. The van der Waals surface area contributed by atoms with E-state index in [9.17, 15) is 4.79 Å². The highest BCUT2D eigenvalue weighted by Gasteiger charge is 2.29. The van der Waals surface area contributed by atoms with Gasteiger partial charge >= 0.3 is 5.97 Å². The first-order valence-electron chi connectivity index (χ1n) is 6.53. The molecule has 2 aliphatic rings. The first-order chi connectivity index (χ1) is 7.79. The zero-order valence-electron chi connectivity index (χ0n) is 10.1. The summed E-state index contributed by atoms with van der Waals surface area (Å²) in [5.41, 5.74) is 0. The van der Waals surface area contributed by atoms with Gasteiger partial charge in [-0.3, -0.25) is 4.79 Å². The third-order valence-electron chi connectivity index (χ3n) is 3.90. The van der Waals surface area contributed by atoms with Gasteiger partial charge in [0, 0.05) is 0 Å². The van der Waals surface area contributed by atoms with Crippen molar-refractivity contribution in [3.63, 3.8) is 0 Å². The van der Waals surface area contributed by atoms with Crippen LogP contribution in [0.25, 0.3) is 0 Å². The molecule has 0 aliphatic heterocycles. The Kier molecular flexibility index (Phi) is 4.22. The fourth-order valence-corrected chi connectivity index (χ4v) is 2.90. The zero-order valence-corrected chi connectivity index (χ0v) is 10.1. The van der Waals surface area contributed by atoms with Gasteiger partial charge in [-0.1, -0.05) is 12.8 Å². The molecule has 0 aromatic heterocycles. The van der Waals surface area contributed by atoms with E-state index in [1.807, 2.05) is 0 Å². The third-order valence-corrected chi connectivity index (χ3v) is 3.90. The Morgan fingerprint density at radius 1 is 0.938 bits per heavy atom. The fourth-order valence-electron chi connectivity index (χ4n) is 2.90. The van der Waals surface area contributed by atoms with Gasteiger partial charge in [0.05, 0.1) is 25.2 Å². The summed E-state index contributed by atoms with van der Waals surface area (Å²) >= 11 is 0. The minimum atomic E-state index is -0.0423. The molecule has 0 spiro atoms. The lowest BCUT2D eigenvalue weighted by Gasteiger charge is -2.29. The number of rotatable bonds is 3. The van der Waals surface area contributed by atoms with E-state index in [2.05, 4.69) is 0 Å². The van der Waals surface area contributed by atoms with Gasteiger partial charge in [-0.15, -0.1) is 0 Å². The van der Waals surface area contributed by atoms with E-state index < -0.39 is 0 Å². The van der Waals surface area contributed by atoms with Crippen LogP contribution in [0.5, 0.6) is 0 Å². The minimum Gasteiger partial charge on any atom is -0.469 e. The second kappa shape index (κ2) is 5.67. The molecule has 0 aromatic rings. The highest BCUT2D eigenvalue weighted by atomic mass is 16.5. The maximum Gasteiger partial charge on any atom is 0.308 e. The van der Waals surface area contributed by atoms with Gasteiger partial charge in [-0.25, -0.2) is 0 Å². The molecule has 0 bridgehead atoms. The van der Waals surface area contributed by atoms with Gasteiger partial charge in [0.2, 0.25) is 0 Å². The number of esters is 1. The molecule has 0 saturated heterocycles. The molecule has 2 saturated carbocycles. The highest BCUT2D eigenvalue weighted by molar-refractivity contribution is 5.72. The van der Waals surface area contributed by atoms with E-state index in [1.54, 1.807) is 0 Å². The topological polar surface area (TPSA) is 35.5 Å². The lowest BCUT2D eigenvalue weighted by molar-refractivity contribution is -0.148. The number of carbonyl (C=O) groups is 1. The van der Waals surface area contributed by atoms with Crippen LogP contribution in [0.3, 0.4) is 0 Å². The average molecular weight is 226 g/mol. The van der Waals surface area contributed by atoms with Crippen molar-refractivity contribution in [3.8, 4) is 0 Å². The predicted molar refractivity (Wildman–Crippen MR) is 61.1 cm³/mol. The van der Waals surface area contributed by atoms with Crippen molar-refractivity contribution in [2.75, 3.05) is 7.11 Å². The van der Waals surface area contributed by atoms with Gasteiger partial charge in [-0.05, 0) is 38.5 Å². The van der Waals surface area contributed by atoms with Gasteiger partial charge in [0.1, 0.15) is 0 Å². The molecule has 3 nitrogen and oxygen atoms in total. The van der Waals surface area contributed by atoms with Gasteiger partial charge in [-0.2, -0.15) is 0 Å². The van der Waals surface area contributed by atoms with E-state index in [1.165, 1.54) is 32.8 Å². The van der Waals surface area contributed by atoms with Crippen LogP contribution >= 0.6 is 0 Å². The third kappa shape index (κ3) is 2.97. The molecule has 0 unspecified atom stereocenters. The summed E-state index contributed by atoms with van der Waals surface area (Å²) < 4.78 is 10.8. The largest absolute Gasteiger partial charge is 0.469 e. The van der Waals surface area contributed by atoms with Crippen LogP contribution in [0.15, 0.2) is 0 Å². The van der Waals surface area contributed by atoms with Gasteiger partial charge in [0.25, 0.3) is 0 Å². The van der Waals surface area contributed by atoms with E-state index in [-0.39, 0.29) is 11.9 Å². The van der Waals surface area contributed by atoms with Crippen molar-refractivity contribution in [1.82, 2.24) is 0 Å². The van der Waals surface area contributed by atoms with Crippen LogP contribution in [0.2, 0.25) is 0 Å². The van der Waals surface area contributed by atoms with Crippen molar-refractivity contribution in [3.05, 3.63) is 0 Å². The quantitative estimate of drug-likeness (QED) is 0.694. The molecule has 2 rings (SSSR count). The second-order valence-corrected chi connectivity index (χ2v) is 5.04. The molecule has 2 fully saturated rings. The molecule has 0 radical (unpaired) electrons. The number of hydrogen-bond acceptors (Lipinski definition) is 3. The van der Waals surface area contributed by atoms with E-state index in [4.69, 9.17) is 9.47 Å². The Bertz CT molecular complexity index is 225. The summed E-state index contributed by atoms with van der Waals surface area (Å²) in [6.07, 6.45) is 9.92. The smallest absolute Gasteiger partial charge is 0.308 e. The molecular weight excluding hydrogens is 204 g/mol. The average Bonchev–Trinajstić information content (AvgIpc) is 2.82. The van der Waals surface area contributed by atoms with Crippen LogP contribution in [0.4, 0.5) is 0 Å². The van der Waals surface area contributed by atoms with Crippen molar-refractivity contribution in [2.24, 2.45) is 5.92 Å². The molecule has 3 heteroatoms. The van der Waals surface area contributed by atoms with E-state index >= 15 is 0 Å². The summed E-state index contributed by atoms with van der Waals surface area (Å²) in [6.45, 7) is 0. The van der Waals surface area contributed by atoms with Crippen LogP contribution in [-0.2, 0) is 14.3 Å². The van der Waals surface area contributed by atoms with Crippen molar-refractivity contribution < 1.29 is 14.3 Å². The maximum atomic E-state index is 11.4. The summed E-state index contributed by atoms with van der Waals surface area (Å²) in [7, 11) is 1.48. The van der Waals surface area contributed by atoms with Crippen LogP contribution in [-0.4, -0.2) is 25.3 Å². The fraction of sp³-hybridized carbons (Fsp3) is 0.923. The molecule has 16 heavy (non-hydrogen) atoms. The molecule has 0 atom stereocenters. The summed E-state index contributed by atoms with van der Waals surface area (Å²) in [5.74, 6) is 0.0766. The summed E-state index contributed by atoms with van der Waals surface area (Å²) in [4.78, 5) is 11.4. The van der Waals surface area contributed by atoms with Crippen molar-refractivity contribution >= 4 is 5.97 Å². The first-order valence-corrected chi connectivity index (χ1v) is 6.53. The normalized spacial score (nSPS) is 31.6. The first kappa shape index (κ1) is 11.9. The number of hydrogen-bond donors (Lipinski definition) is 0. The molecule has 0 amide bonds. The zero-order chi connectivity index (χ0) is 11.4. The lowest BCUT2D eigenvalue weighted by Crippen LogP contribution is -2.29. The monoisotopic (exact) mass is 226 g/mol. The molecule has 0 heterocycles. The van der Waals surface area contributed by atoms with E-state index in [0.29, 0.717) is 12.2 Å². The van der Waals surface area contributed by atoms with Gasteiger partial charge < -0.3 is 9.47 Å². The molecule has 0 aromatic carbocycles. The number of methoxy groups -OCH3 is 1. The van der Waals surface area contributed by atoms with E-state index in [0.717, 1.165) is 25.7 Å².